The summed E-state index contributed by atoms with van der Waals surface area (Å²) < 4.78 is 37.5. The summed E-state index contributed by atoms with van der Waals surface area (Å²) in [5, 5.41) is 0.401. The van der Waals surface area contributed by atoms with Crippen LogP contribution in [0.5, 0.6) is 5.88 Å². The van der Waals surface area contributed by atoms with E-state index in [1.54, 1.807) is 31.4 Å². The van der Waals surface area contributed by atoms with Crippen LogP contribution in [0.4, 0.5) is 0 Å². The predicted molar refractivity (Wildman–Crippen MR) is 94.4 cm³/mol. The van der Waals surface area contributed by atoms with Gasteiger partial charge in [-0.05, 0) is 23.8 Å². The Morgan fingerprint density at radius 1 is 1.24 bits per heavy atom. The van der Waals surface area contributed by atoms with E-state index in [4.69, 9.17) is 21.1 Å². The number of halogens is 1. The summed E-state index contributed by atoms with van der Waals surface area (Å²) in [4.78, 5) is 4.67. The van der Waals surface area contributed by atoms with Gasteiger partial charge >= 0.3 is 0 Å². The molecule has 0 unspecified atom stereocenters. The fourth-order valence-electron chi connectivity index (χ4n) is 2.66. The average molecular weight is 383 g/mol. The monoisotopic (exact) mass is 382 g/mol. The Morgan fingerprint density at radius 2 is 2.08 bits per heavy atom. The van der Waals surface area contributed by atoms with Gasteiger partial charge in [0.25, 0.3) is 0 Å². The van der Waals surface area contributed by atoms with Crippen molar-refractivity contribution >= 4 is 21.6 Å². The highest BCUT2D eigenvalue weighted by atomic mass is 35.5. The van der Waals surface area contributed by atoms with Gasteiger partial charge in [0.2, 0.25) is 15.9 Å². The summed E-state index contributed by atoms with van der Waals surface area (Å²) in [5.74, 6) is 0.530. The van der Waals surface area contributed by atoms with Gasteiger partial charge in [-0.3, -0.25) is 0 Å². The number of rotatable bonds is 6. The first-order valence-corrected chi connectivity index (χ1v) is 9.69. The highest BCUT2D eigenvalue weighted by Gasteiger charge is 2.29. The fourth-order valence-corrected chi connectivity index (χ4v) is 4.38. The lowest BCUT2D eigenvalue weighted by atomic mass is 10.1. The molecule has 25 heavy (non-hydrogen) atoms. The van der Waals surface area contributed by atoms with Crippen LogP contribution in [0.15, 0.2) is 41.3 Å². The second-order valence-electron chi connectivity index (χ2n) is 5.64. The Balaban J connectivity index is 1.77. The summed E-state index contributed by atoms with van der Waals surface area (Å²) in [6.45, 7) is 1.58. The van der Waals surface area contributed by atoms with Crippen molar-refractivity contribution in [2.24, 2.45) is 0 Å². The lowest BCUT2D eigenvalue weighted by Gasteiger charge is -2.27. The van der Waals surface area contributed by atoms with Crippen molar-refractivity contribution in [2.45, 2.75) is 17.9 Å². The van der Waals surface area contributed by atoms with Gasteiger partial charge in [0.1, 0.15) is 6.61 Å². The lowest BCUT2D eigenvalue weighted by molar-refractivity contribution is 0.143. The zero-order valence-corrected chi connectivity index (χ0v) is 15.4. The van der Waals surface area contributed by atoms with Gasteiger partial charge < -0.3 is 9.47 Å². The van der Waals surface area contributed by atoms with Gasteiger partial charge in [0, 0.05) is 37.7 Å². The summed E-state index contributed by atoms with van der Waals surface area (Å²) >= 11 is 5.92. The molecule has 2 heterocycles. The molecule has 0 atom stereocenters. The number of methoxy groups -OCH3 is 1. The third-order valence-electron chi connectivity index (χ3n) is 3.96. The Hall–Kier alpha value is -1.67. The first-order valence-electron chi connectivity index (χ1n) is 7.87. The van der Waals surface area contributed by atoms with Crippen LogP contribution < -0.4 is 4.74 Å². The quantitative estimate of drug-likeness (QED) is 0.718. The van der Waals surface area contributed by atoms with E-state index in [9.17, 15) is 8.42 Å². The van der Waals surface area contributed by atoms with Gasteiger partial charge in [-0.2, -0.15) is 4.31 Å². The van der Waals surface area contributed by atoms with E-state index in [2.05, 4.69) is 4.98 Å². The van der Waals surface area contributed by atoms with E-state index in [0.29, 0.717) is 37.1 Å². The average Bonchev–Trinajstić information content (AvgIpc) is 2.61. The summed E-state index contributed by atoms with van der Waals surface area (Å²) in [6, 6.07) is 9.94. The van der Waals surface area contributed by atoms with Gasteiger partial charge in [-0.15, -0.1) is 0 Å². The molecular formula is C17H19ClN2O4S. The van der Waals surface area contributed by atoms with E-state index in [0.717, 1.165) is 11.3 Å². The molecule has 8 heteroatoms. The standard InChI is InChI=1S/C17H19ClN2O4S/c1-23-9-10-24-17-6-5-13-12-20(8-7-16(13)19-17)25(21,22)15-4-2-3-14(18)11-15/h2-6,11H,7-10,12H2,1H3. The summed E-state index contributed by atoms with van der Waals surface area (Å²) in [6.07, 6.45) is 0.538. The van der Waals surface area contributed by atoms with E-state index >= 15 is 0 Å². The zero-order chi connectivity index (χ0) is 17.9. The van der Waals surface area contributed by atoms with Crippen molar-refractivity contribution in [1.82, 2.24) is 9.29 Å². The molecule has 0 spiro atoms. The third kappa shape index (κ3) is 4.12. The Labute approximate surface area is 152 Å². The number of pyridine rings is 1. The Bertz CT molecular complexity index is 857. The van der Waals surface area contributed by atoms with Crippen molar-refractivity contribution in [1.29, 1.82) is 0 Å². The van der Waals surface area contributed by atoms with Crippen molar-refractivity contribution in [3.8, 4) is 5.88 Å². The van der Waals surface area contributed by atoms with Crippen LogP contribution in [0, 0.1) is 0 Å². The molecule has 1 aromatic carbocycles. The second-order valence-corrected chi connectivity index (χ2v) is 8.02. The van der Waals surface area contributed by atoms with Crippen LogP contribution in [-0.2, 0) is 27.7 Å². The molecule has 0 saturated carbocycles. The van der Waals surface area contributed by atoms with Gasteiger partial charge in [0.05, 0.1) is 17.2 Å². The molecule has 0 fully saturated rings. The van der Waals surface area contributed by atoms with Crippen LogP contribution in [0.1, 0.15) is 11.3 Å². The number of nitrogens with zero attached hydrogens (tertiary/aromatic N) is 2. The maximum atomic E-state index is 12.8. The van der Waals surface area contributed by atoms with E-state index in [-0.39, 0.29) is 11.4 Å². The van der Waals surface area contributed by atoms with Crippen molar-refractivity contribution in [3.63, 3.8) is 0 Å². The number of sulfonamides is 1. The van der Waals surface area contributed by atoms with Crippen LogP contribution in [0.25, 0.3) is 0 Å². The number of fused-ring (bicyclic) bond motifs is 1. The summed E-state index contributed by atoms with van der Waals surface area (Å²) in [7, 11) is -1.97. The molecule has 6 nitrogen and oxygen atoms in total. The minimum Gasteiger partial charge on any atom is -0.475 e. The highest BCUT2D eigenvalue weighted by molar-refractivity contribution is 7.89. The first-order chi connectivity index (χ1) is 12.0. The van der Waals surface area contributed by atoms with E-state index in [1.165, 1.54) is 10.4 Å². The molecule has 0 saturated heterocycles. The van der Waals surface area contributed by atoms with Crippen molar-refractivity contribution in [3.05, 3.63) is 52.7 Å². The normalized spacial score (nSPS) is 15.0. The molecule has 0 aliphatic carbocycles. The van der Waals surface area contributed by atoms with Crippen LogP contribution in [0.3, 0.4) is 0 Å². The maximum absolute atomic E-state index is 12.8. The predicted octanol–water partition coefficient (Wildman–Crippen LogP) is 2.51. The van der Waals surface area contributed by atoms with Gasteiger partial charge in [0.15, 0.2) is 0 Å². The van der Waals surface area contributed by atoms with E-state index in [1.807, 2.05) is 6.07 Å². The minimum atomic E-state index is -3.58. The number of ether oxygens (including phenoxy) is 2. The highest BCUT2D eigenvalue weighted by Crippen LogP contribution is 2.26. The summed E-state index contributed by atoms with van der Waals surface area (Å²) in [5.41, 5.74) is 1.75. The second kappa shape index (κ2) is 7.70. The smallest absolute Gasteiger partial charge is 0.243 e. The third-order valence-corrected chi connectivity index (χ3v) is 6.04. The number of aromatic nitrogens is 1. The number of hydrogen-bond donors (Lipinski definition) is 0. The molecule has 3 rings (SSSR count). The van der Waals surface area contributed by atoms with Gasteiger partial charge in [-0.1, -0.05) is 23.7 Å². The van der Waals surface area contributed by atoms with E-state index < -0.39 is 10.0 Å². The van der Waals surface area contributed by atoms with Crippen LogP contribution in [-0.4, -0.2) is 44.6 Å². The Kier molecular flexibility index (Phi) is 5.58. The SMILES string of the molecule is COCCOc1ccc2c(n1)CCN(S(=O)(=O)c1cccc(Cl)c1)C2. The molecule has 134 valence electrons. The molecule has 0 amide bonds. The van der Waals surface area contributed by atoms with Crippen LogP contribution >= 0.6 is 11.6 Å². The maximum Gasteiger partial charge on any atom is 0.243 e. The molecule has 0 radical (unpaired) electrons. The fraction of sp³-hybridized carbons (Fsp3) is 0.353. The molecule has 2 aromatic rings. The minimum absolute atomic E-state index is 0.205. The van der Waals surface area contributed by atoms with Crippen molar-refractivity contribution < 1.29 is 17.9 Å². The largest absolute Gasteiger partial charge is 0.475 e. The van der Waals surface area contributed by atoms with Crippen LogP contribution in [0.2, 0.25) is 5.02 Å². The Morgan fingerprint density at radius 3 is 2.84 bits per heavy atom. The zero-order valence-electron chi connectivity index (χ0n) is 13.8. The topological polar surface area (TPSA) is 68.7 Å². The number of hydrogen-bond acceptors (Lipinski definition) is 5. The van der Waals surface area contributed by atoms with Gasteiger partial charge in [-0.25, -0.2) is 13.4 Å². The van der Waals surface area contributed by atoms with Crippen molar-refractivity contribution in [2.75, 3.05) is 26.9 Å². The molecule has 1 aliphatic heterocycles. The molecule has 1 aromatic heterocycles. The molecule has 0 bridgehead atoms. The first kappa shape index (κ1) is 18.1. The molecule has 1 aliphatic rings. The molecule has 0 N–H and O–H groups in total. The number of benzene rings is 1. The lowest BCUT2D eigenvalue weighted by Crippen LogP contribution is -2.36. The molecular weight excluding hydrogens is 364 g/mol.